The largest absolute Gasteiger partial charge is 0.344 e. The van der Waals surface area contributed by atoms with Crippen molar-refractivity contribution in [1.82, 2.24) is 0 Å². The van der Waals surface area contributed by atoms with Crippen molar-refractivity contribution in [3.8, 4) is 22.3 Å². The molecule has 0 aliphatic heterocycles. The van der Waals surface area contributed by atoms with Crippen LogP contribution in [0.25, 0.3) is 22.3 Å². The van der Waals surface area contributed by atoms with Crippen molar-refractivity contribution in [2.75, 3.05) is 11.9 Å². The van der Waals surface area contributed by atoms with Crippen LogP contribution in [0.2, 0.25) is 0 Å². The number of hydrogen-bond donors (Lipinski definition) is 0. The molecule has 0 bridgehead atoms. The van der Waals surface area contributed by atoms with Crippen molar-refractivity contribution in [2.24, 2.45) is 0 Å². The molecule has 1 heteroatoms. The van der Waals surface area contributed by atoms with E-state index in [0.717, 1.165) is 0 Å². The maximum absolute atomic E-state index is 2.38. The molecular weight excluding hydrogens is 362 g/mol. The van der Waals surface area contributed by atoms with Crippen molar-refractivity contribution in [1.29, 1.82) is 0 Å². The Morgan fingerprint density at radius 2 is 1.27 bits per heavy atom. The van der Waals surface area contributed by atoms with E-state index in [1.54, 1.807) is 0 Å². The van der Waals surface area contributed by atoms with Gasteiger partial charge in [-0.05, 0) is 52.9 Å². The minimum Gasteiger partial charge on any atom is -0.344 e. The van der Waals surface area contributed by atoms with Gasteiger partial charge in [-0.25, -0.2) is 0 Å². The van der Waals surface area contributed by atoms with Crippen LogP contribution in [-0.4, -0.2) is 7.05 Å². The molecule has 0 saturated heterocycles. The second kappa shape index (κ2) is 6.88. The van der Waals surface area contributed by atoms with Crippen molar-refractivity contribution in [3.05, 3.63) is 108 Å². The molecular formula is C29H27N. The van der Waals surface area contributed by atoms with Crippen molar-refractivity contribution >= 4 is 11.4 Å². The third-order valence-electron chi connectivity index (χ3n) is 6.58. The van der Waals surface area contributed by atoms with Crippen LogP contribution in [-0.2, 0) is 5.41 Å². The highest BCUT2D eigenvalue weighted by molar-refractivity contribution is 5.86. The fourth-order valence-electron chi connectivity index (χ4n) is 4.78. The molecule has 148 valence electrons. The van der Waals surface area contributed by atoms with Gasteiger partial charge in [-0.2, -0.15) is 0 Å². The number of nitrogens with zero attached hydrogens (tertiary/aromatic N) is 1. The maximum Gasteiger partial charge on any atom is 0.0487 e. The van der Waals surface area contributed by atoms with E-state index < -0.39 is 0 Å². The molecule has 0 fully saturated rings. The fraction of sp³-hybridized carbons (Fsp3) is 0.172. The molecule has 30 heavy (non-hydrogen) atoms. The lowest BCUT2D eigenvalue weighted by atomic mass is 9.82. The minimum absolute atomic E-state index is 0.0131. The quantitative estimate of drug-likeness (QED) is 0.346. The number of hydrogen-bond acceptors (Lipinski definition) is 1. The summed E-state index contributed by atoms with van der Waals surface area (Å²) >= 11 is 0. The molecule has 1 aliphatic carbocycles. The second-order valence-corrected chi connectivity index (χ2v) is 8.84. The lowest BCUT2D eigenvalue weighted by Crippen LogP contribution is -2.16. The van der Waals surface area contributed by atoms with Crippen LogP contribution in [0.4, 0.5) is 11.4 Å². The monoisotopic (exact) mass is 389 g/mol. The number of aryl methyl sites for hydroxylation is 1. The lowest BCUT2D eigenvalue weighted by Gasteiger charge is -2.26. The molecule has 0 N–H and O–H groups in total. The standard InChI is InChI=1S/C29H27N/c1-20-13-15-21(16-14-20)23-9-6-8-12-28(23)30(4)22-17-18-25-24-10-5-7-11-26(24)29(2,3)27(25)19-22/h5-19H,1-4H3. The van der Waals surface area contributed by atoms with E-state index in [1.807, 2.05) is 0 Å². The first kappa shape index (κ1) is 18.7. The molecule has 0 spiro atoms. The van der Waals surface area contributed by atoms with Crippen LogP contribution < -0.4 is 4.90 Å². The van der Waals surface area contributed by atoms with E-state index in [4.69, 9.17) is 0 Å². The Bertz CT molecular complexity index is 1230. The fourth-order valence-corrected chi connectivity index (χ4v) is 4.78. The van der Waals surface area contributed by atoms with E-state index in [9.17, 15) is 0 Å². The summed E-state index contributed by atoms with van der Waals surface area (Å²) in [6, 6.07) is 33.2. The first-order valence-corrected chi connectivity index (χ1v) is 10.6. The van der Waals surface area contributed by atoms with Gasteiger partial charge in [0.15, 0.2) is 0 Å². The Labute approximate surface area is 179 Å². The maximum atomic E-state index is 2.38. The number of para-hydroxylation sites is 1. The second-order valence-electron chi connectivity index (χ2n) is 8.84. The molecule has 4 aromatic carbocycles. The molecule has 0 heterocycles. The molecule has 4 aromatic rings. The predicted molar refractivity (Wildman–Crippen MR) is 129 cm³/mol. The summed E-state index contributed by atoms with van der Waals surface area (Å²) in [5.41, 5.74) is 11.8. The summed E-state index contributed by atoms with van der Waals surface area (Å²) in [6.07, 6.45) is 0. The highest BCUT2D eigenvalue weighted by Gasteiger charge is 2.35. The highest BCUT2D eigenvalue weighted by Crippen LogP contribution is 2.50. The Balaban J connectivity index is 1.59. The van der Waals surface area contributed by atoms with E-state index in [0.29, 0.717) is 0 Å². The summed E-state index contributed by atoms with van der Waals surface area (Å²) < 4.78 is 0. The van der Waals surface area contributed by atoms with Crippen LogP contribution in [0.15, 0.2) is 91.0 Å². The molecule has 5 rings (SSSR count). The van der Waals surface area contributed by atoms with Gasteiger partial charge in [0.2, 0.25) is 0 Å². The average molecular weight is 390 g/mol. The van der Waals surface area contributed by atoms with Crippen LogP contribution in [0, 0.1) is 6.92 Å². The van der Waals surface area contributed by atoms with Gasteiger partial charge in [0.1, 0.15) is 0 Å². The van der Waals surface area contributed by atoms with Crippen LogP contribution in [0.3, 0.4) is 0 Å². The first-order chi connectivity index (χ1) is 14.5. The minimum atomic E-state index is 0.0131. The van der Waals surface area contributed by atoms with E-state index >= 15 is 0 Å². The molecule has 0 radical (unpaired) electrons. The summed E-state index contributed by atoms with van der Waals surface area (Å²) in [5.74, 6) is 0. The predicted octanol–water partition coefficient (Wildman–Crippen LogP) is 7.74. The molecule has 0 aromatic heterocycles. The number of rotatable bonds is 3. The molecule has 0 amide bonds. The Morgan fingerprint density at radius 3 is 2.03 bits per heavy atom. The summed E-state index contributed by atoms with van der Waals surface area (Å²) in [6.45, 7) is 6.80. The number of fused-ring (bicyclic) bond motifs is 3. The van der Waals surface area contributed by atoms with Crippen molar-refractivity contribution < 1.29 is 0 Å². The molecule has 1 nitrogen and oxygen atoms in total. The van der Waals surface area contributed by atoms with E-state index in [2.05, 4.69) is 124 Å². The first-order valence-electron chi connectivity index (χ1n) is 10.6. The third kappa shape index (κ3) is 2.85. The van der Waals surface area contributed by atoms with Gasteiger partial charge in [0, 0.05) is 29.4 Å². The summed E-state index contributed by atoms with van der Waals surface area (Å²) in [5, 5.41) is 0. The number of benzene rings is 4. The molecule has 1 aliphatic rings. The molecule has 0 unspecified atom stereocenters. The van der Waals surface area contributed by atoms with Crippen LogP contribution >= 0.6 is 0 Å². The van der Waals surface area contributed by atoms with E-state index in [-0.39, 0.29) is 5.41 Å². The molecule has 0 atom stereocenters. The van der Waals surface area contributed by atoms with Crippen LogP contribution in [0.1, 0.15) is 30.5 Å². The van der Waals surface area contributed by atoms with Gasteiger partial charge >= 0.3 is 0 Å². The lowest BCUT2D eigenvalue weighted by molar-refractivity contribution is 0.660. The topological polar surface area (TPSA) is 3.24 Å². The SMILES string of the molecule is Cc1ccc(-c2ccccc2N(C)c2ccc3c(c2)C(C)(C)c2ccccc2-3)cc1. The normalized spacial score (nSPS) is 13.6. The zero-order valence-corrected chi connectivity index (χ0v) is 18.1. The zero-order valence-electron chi connectivity index (χ0n) is 18.1. The van der Waals surface area contributed by atoms with Gasteiger partial charge in [-0.3, -0.25) is 0 Å². The van der Waals surface area contributed by atoms with Crippen molar-refractivity contribution in [3.63, 3.8) is 0 Å². The summed E-state index contributed by atoms with van der Waals surface area (Å²) in [4.78, 5) is 2.31. The van der Waals surface area contributed by atoms with Crippen molar-refractivity contribution in [2.45, 2.75) is 26.2 Å². The van der Waals surface area contributed by atoms with Crippen LogP contribution in [0.5, 0.6) is 0 Å². The van der Waals surface area contributed by atoms with Gasteiger partial charge in [-0.15, -0.1) is 0 Å². The molecule has 0 saturated carbocycles. The average Bonchev–Trinajstić information content (AvgIpc) is 3.01. The Morgan fingerprint density at radius 1 is 0.633 bits per heavy atom. The van der Waals surface area contributed by atoms with Gasteiger partial charge in [0.05, 0.1) is 0 Å². The Hall–Kier alpha value is -3.32. The third-order valence-corrected chi connectivity index (χ3v) is 6.58. The number of anilines is 2. The summed E-state index contributed by atoms with van der Waals surface area (Å²) in [7, 11) is 2.17. The Kier molecular flexibility index (Phi) is 4.29. The van der Waals surface area contributed by atoms with Gasteiger partial charge < -0.3 is 4.90 Å². The smallest absolute Gasteiger partial charge is 0.0487 e. The van der Waals surface area contributed by atoms with Gasteiger partial charge in [0.25, 0.3) is 0 Å². The van der Waals surface area contributed by atoms with E-state index in [1.165, 1.54) is 50.3 Å². The zero-order chi connectivity index (χ0) is 20.9. The highest BCUT2D eigenvalue weighted by atomic mass is 15.1. The van der Waals surface area contributed by atoms with Gasteiger partial charge in [-0.1, -0.05) is 92.2 Å².